The van der Waals surface area contributed by atoms with E-state index >= 15 is 0 Å². The lowest BCUT2D eigenvalue weighted by molar-refractivity contribution is 0.613. The first-order chi connectivity index (χ1) is 7.75. The maximum Gasteiger partial charge on any atom is 0.244 e. The number of nitrogens with one attached hydrogen (secondary N) is 1. The Kier molecular flexibility index (Phi) is 3.26. The fourth-order valence-electron chi connectivity index (χ4n) is 1.19. The molecule has 0 saturated heterocycles. The second kappa shape index (κ2) is 4.85. The summed E-state index contributed by atoms with van der Waals surface area (Å²) in [5, 5.41) is 10.1. The molecular formula is C10H8ClFN4. The molecule has 82 valence electrons. The fourth-order valence-corrected chi connectivity index (χ4v) is 1.33. The molecule has 16 heavy (non-hydrogen) atoms. The van der Waals surface area contributed by atoms with Gasteiger partial charge in [-0.15, -0.1) is 5.10 Å². The summed E-state index contributed by atoms with van der Waals surface area (Å²) < 4.78 is 13.3. The molecule has 1 heterocycles. The van der Waals surface area contributed by atoms with E-state index in [-0.39, 0.29) is 11.1 Å². The van der Waals surface area contributed by atoms with Crippen LogP contribution in [0.15, 0.2) is 30.5 Å². The molecule has 0 fully saturated rings. The molecule has 0 spiro atoms. The van der Waals surface area contributed by atoms with Crippen LogP contribution in [0.3, 0.4) is 0 Å². The summed E-state index contributed by atoms with van der Waals surface area (Å²) >= 11 is 5.56. The first kappa shape index (κ1) is 10.8. The van der Waals surface area contributed by atoms with Crippen molar-refractivity contribution in [3.63, 3.8) is 0 Å². The van der Waals surface area contributed by atoms with Gasteiger partial charge in [0.1, 0.15) is 11.6 Å². The Morgan fingerprint density at radius 2 is 2.12 bits per heavy atom. The molecule has 1 aromatic heterocycles. The standard InChI is InChI=1S/C10H8ClFN4/c11-10-15-9(6-14-16-10)13-5-7-3-1-2-4-8(7)12/h1-4,6H,5H2,(H,13,15,16). The fraction of sp³-hybridized carbons (Fsp3) is 0.100. The monoisotopic (exact) mass is 238 g/mol. The van der Waals surface area contributed by atoms with Crippen LogP contribution in [-0.4, -0.2) is 15.2 Å². The molecule has 2 rings (SSSR count). The molecule has 0 unspecified atom stereocenters. The number of aromatic nitrogens is 3. The second-order valence-corrected chi connectivity index (χ2v) is 3.39. The van der Waals surface area contributed by atoms with Gasteiger partial charge in [-0.3, -0.25) is 0 Å². The molecule has 1 N–H and O–H groups in total. The largest absolute Gasteiger partial charge is 0.364 e. The third kappa shape index (κ3) is 2.64. The maximum absolute atomic E-state index is 13.3. The molecule has 0 bridgehead atoms. The molecule has 0 atom stereocenters. The maximum atomic E-state index is 13.3. The van der Waals surface area contributed by atoms with Crippen molar-refractivity contribution in [2.24, 2.45) is 0 Å². The summed E-state index contributed by atoms with van der Waals surface area (Å²) in [6.07, 6.45) is 1.42. The zero-order valence-corrected chi connectivity index (χ0v) is 8.95. The zero-order chi connectivity index (χ0) is 11.4. The summed E-state index contributed by atoms with van der Waals surface area (Å²) in [5.74, 6) is 0.200. The van der Waals surface area contributed by atoms with Crippen LogP contribution in [0.4, 0.5) is 10.2 Å². The SMILES string of the molecule is Fc1ccccc1CNc1cnnc(Cl)n1. The minimum Gasteiger partial charge on any atom is -0.364 e. The molecule has 2 aromatic rings. The van der Waals surface area contributed by atoms with E-state index in [0.717, 1.165) is 0 Å². The predicted octanol–water partition coefficient (Wildman–Crippen LogP) is 2.28. The van der Waals surface area contributed by atoms with E-state index in [1.807, 2.05) is 0 Å². The van der Waals surface area contributed by atoms with Crippen molar-refractivity contribution in [3.05, 3.63) is 47.1 Å². The van der Waals surface area contributed by atoms with Crippen LogP contribution in [0, 0.1) is 5.82 Å². The molecule has 0 amide bonds. The summed E-state index contributed by atoms with van der Waals surface area (Å²) in [5.41, 5.74) is 0.553. The van der Waals surface area contributed by atoms with Gasteiger partial charge in [0.05, 0.1) is 6.20 Å². The van der Waals surface area contributed by atoms with Gasteiger partial charge >= 0.3 is 0 Å². The van der Waals surface area contributed by atoms with Crippen molar-refractivity contribution in [2.45, 2.75) is 6.54 Å². The van der Waals surface area contributed by atoms with E-state index in [1.54, 1.807) is 18.2 Å². The quantitative estimate of drug-likeness (QED) is 0.891. The van der Waals surface area contributed by atoms with E-state index in [1.165, 1.54) is 12.3 Å². The molecule has 0 aliphatic heterocycles. The number of anilines is 1. The van der Waals surface area contributed by atoms with Crippen LogP contribution in [0.25, 0.3) is 0 Å². The number of hydrogen-bond acceptors (Lipinski definition) is 4. The van der Waals surface area contributed by atoms with Crippen LogP contribution in [-0.2, 0) is 6.54 Å². The van der Waals surface area contributed by atoms with Crippen LogP contribution < -0.4 is 5.32 Å². The van der Waals surface area contributed by atoms with Gasteiger partial charge in [-0.1, -0.05) is 18.2 Å². The molecule has 0 aliphatic rings. The summed E-state index contributed by atoms with van der Waals surface area (Å²) in [6, 6.07) is 6.51. The van der Waals surface area contributed by atoms with E-state index in [4.69, 9.17) is 11.6 Å². The van der Waals surface area contributed by atoms with Crippen LogP contribution in [0.2, 0.25) is 5.28 Å². The summed E-state index contributed by atoms with van der Waals surface area (Å²) in [4.78, 5) is 3.88. The Balaban J connectivity index is 2.05. The first-order valence-corrected chi connectivity index (χ1v) is 4.96. The van der Waals surface area contributed by atoms with Crippen LogP contribution in [0.1, 0.15) is 5.56 Å². The number of rotatable bonds is 3. The summed E-state index contributed by atoms with van der Waals surface area (Å²) in [6.45, 7) is 0.321. The van der Waals surface area contributed by atoms with E-state index < -0.39 is 0 Å². The minimum atomic E-state index is -0.261. The number of halogens is 2. The Morgan fingerprint density at radius 3 is 2.88 bits per heavy atom. The van der Waals surface area contributed by atoms with Gasteiger partial charge in [0.25, 0.3) is 0 Å². The Bertz CT molecular complexity index is 492. The van der Waals surface area contributed by atoms with Gasteiger partial charge in [0.15, 0.2) is 0 Å². The van der Waals surface area contributed by atoms with Gasteiger partial charge < -0.3 is 5.32 Å². The first-order valence-electron chi connectivity index (χ1n) is 4.58. The van der Waals surface area contributed by atoms with Crippen molar-refractivity contribution >= 4 is 17.4 Å². The highest BCUT2D eigenvalue weighted by Gasteiger charge is 2.01. The molecular weight excluding hydrogens is 231 g/mol. The smallest absolute Gasteiger partial charge is 0.244 e. The third-order valence-electron chi connectivity index (χ3n) is 1.95. The highest BCUT2D eigenvalue weighted by molar-refractivity contribution is 6.28. The number of hydrogen-bond donors (Lipinski definition) is 1. The molecule has 0 aliphatic carbocycles. The third-order valence-corrected chi connectivity index (χ3v) is 2.11. The zero-order valence-electron chi connectivity index (χ0n) is 8.19. The van der Waals surface area contributed by atoms with E-state index in [9.17, 15) is 4.39 Å². The molecule has 4 nitrogen and oxygen atoms in total. The topological polar surface area (TPSA) is 50.7 Å². The number of nitrogens with zero attached hydrogens (tertiary/aromatic N) is 3. The van der Waals surface area contributed by atoms with Crippen molar-refractivity contribution in [3.8, 4) is 0 Å². The average Bonchev–Trinajstić information content (AvgIpc) is 2.28. The second-order valence-electron chi connectivity index (χ2n) is 3.06. The predicted molar refractivity (Wildman–Crippen MR) is 58.6 cm³/mol. The van der Waals surface area contributed by atoms with Gasteiger partial charge in [-0.25, -0.2) is 4.39 Å². The van der Waals surface area contributed by atoms with Gasteiger partial charge in [0.2, 0.25) is 5.28 Å². The van der Waals surface area contributed by atoms with Gasteiger partial charge in [0, 0.05) is 12.1 Å². The van der Waals surface area contributed by atoms with E-state index in [2.05, 4.69) is 20.5 Å². The normalized spacial score (nSPS) is 10.1. The molecule has 0 radical (unpaired) electrons. The highest BCUT2D eigenvalue weighted by Crippen LogP contribution is 2.09. The Labute approximate surface area is 96.5 Å². The Morgan fingerprint density at radius 1 is 1.31 bits per heavy atom. The highest BCUT2D eigenvalue weighted by atomic mass is 35.5. The number of benzene rings is 1. The lowest BCUT2D eigenvalue weighted by Gasteiger charge is -2.05. The minimum absolute atomic E-state index is 0.0542. The molecule has 1 aromatic carbocycles. The molecule has 0 saturated carbocycles. The molecule has 6 heteroatoms. The van der Waals surface area contributed by atoms with Crippen molar-refractivity contribution in [2.75, 3.05) is 5.32 Å². The van der Waals surface area contributed by atoms with Crippen molar-refractivity contribution in [1.82, 2.24) is 15.2 Å². The Hall–Kier alpha value is -1.75. The van der Waals surface area contributed by atoms with Crippen molar-refractivity contribution in [1.29, 1.82) is 0 Å². The van der Waals surface area contributed by atoms with Crippen LogP contribution >= 0.6 is 11.6 Å². The lowest BCUT2D eigenvalue weighted by Crippen LogP contribution is -2.04. The average molecular weight is 239 g/mol. The van der Waals surface area contributed by atoms with Gasteiger partial charge in [-0.2, -0.15) is 10.1 Å². The van der Waals surface area contributed by atoms with E-state index in [0.29, 0.717) is 17.9 Å². The lowest BCUT2D eigenvalue weighted by atomic mass is 10.2. The van der Waals surface area contributed by atoms with Crippen LogP contribution in [0.5, 0.6) is 0 Å². The van der Waals surface area contributed by atoms with Crippen molar-refractivity contribution < 1.29 is 4.39 Å². The van der Waals surface area contributed by atoms with Gasteiger partial charge in [-0.05, 0) is 17.7 Å². The summed E-state index contributed by atoms with van der Waals surface area (Å²) in [7, 11) is 0.